The number of halogens is 1. The van der Waals surface area contributed by atoms with E-state index in [4.69, 9.17) is 16.3 Å². The van der Waals surface area contributed by atoms with Crippen LogP contribution in [0.5, 0.6) is 11.5 Å². The molecule has 0 spiro atoms. The van der Waals surface area contributed by atoms with Crippen molar-refractivity contribution in [3.63, 3.8) is 0 Å². The lowest BCUT2D eigenvalue weighted by Gasteiger charge is -2.09. The molecule has 0 atom stereocenters. The number of aromatic nitrogens is 2. The molecule has 2 aromatic carbocycles. The molecule has 0 saturated carbocycles. The number of phenols is 1. The SMILES string of the molecule is COc1ccc(/C=N\NC(=O)c2ccccc2O)cc1Cn1cc(Cl)cn1. The number of carbonyl (C=O) groups is 1. The molecule has 0 aliphatic rings. The van der Waals surface area contributed by atoms with Gasteiger partial charge >= 0.3 is 0 Å². The molecule has 0 radical (unpaired) electrons. The second kappa shape index (κ2) is 8.37. The van der Waals surface area contributed by atoms with Gasteiger partial charge in [0.1, 0.15) is 11.5 Å². The molecule has 0 bridgehead atoms. The third-order valence-corrected chi connectivity index (χ3v) is 3.96. The van der Waals surface area contributed by atoms with Crippen LogP contribution in [0, 0.1) is 0 Å². The second-order valence-corrected chi connectivity index (χ2v) is 6.08. The van der Waals surface area contributed by atoms with Crippen LogP contribution in [0.25, 0.3) is 0 Å². The maximum Gasteiger partial charge on any atom is 0.275 e. The molecule has 0 fully saturated rings. The molecule has 3 aromatic rings. The van der Waals surface area contributed by atoms with Gasteiger partial charge in [0.25, 0.3) is 5.91 Å². The van der Waals surface area contributed by atoms with Crippen LogP contribution in [-0.4, -0.2) is 34.1 Å². The Morgan fingerprint density at radius 2 is 2.19 bits per heavy atom. The highest BCUT2D eigenvalue weighted by atomic mass is 35.5. The second-order valence-electron chi connectivity index (χ2n) is 5.64. The average Bonchev–Trinajstić information content (AvgIpc) is 3.07. The molecule has 0 saturated heterocycles. The molecule has 2 N–H and O–H groups in total. The van der Waals surface area contributed by atoms with Gasteiger partial charge in [0.05, 0.1) is 36.7 Å². The zero-order chi connectivity index (χ0) is 19.2. The lowest BCUT2D eigenvalue weighted by molar-refractivity contribution is 0.0952. The summed E-state index contributed by atoms with van der Waals surface area (Å²) >= 11 is 5.90. The van der Waals surface area contributed by atoms with Crippen molar-refractivity contribution >= 4 is 23.7 Å². The van der Waals surface area contributed by atoms with Gasteiger partial charge in [-0.15, -0.1) is 0 Å². The molecule has 7 nitrogen and oxygen atoms in total. The molecular formula is C19H17ClN4O3. The van der Waals surface area contributed by atoms with Crippen molar-refractivity contribution in [3.8, 4) is 11.5 Å². The fraction of sp³-hybridized carbons (Fsp3) is 0.105. The zero-order valence-electron chi connectivity index (χ0n) is 14.5. The smallest absolute Gasteiger partial charge is 0.275 e. The van der Waals surface area contributed by atoms with Gasteiger partial charge in [-0.3, -0.25) is 9.48 Å². The first-order valence-electron chi connectivity index (χ1n) is 8.03. The third kappa shape index (κ3) is 4.65. The molecule has 8 heteroatoms. The molecule has 0 unspecified atom stereocenters. The van der Waals surface area contributed by atoms with E-state index >= 15 is 0 Å². The van der Waals surface area contributed by atoms with Crippen molar-refractivity contribution in [2.45, 2.75) is 6.54 Å². The summed E-state index contributed by atoms with van der Waals surface area (Å²) in [6, 6.07) is 11.8. The van der Waals surface area contributed by atoms with E-state index in [2.05, 4.69) is 15.6 Å². The van der Waals surface area contributed by atoms with Crippen molar-refractivity contribution in [3.05, 3.63) is 76.6 Å². The number of carbonyl (C=O) groups excluding carboxylic acids is 1. The Morgan fingerprint density at radius 1 is 1.37 bits per heavy atom. The minimum absolute atomic E-state index is 0.102. The molecule has 27 heavy (non-hydrogen) atoms. The van der Waals surface area contributed by atoms with Crippen LogP contribution in [0.4, 0.5) is 0 Å². The van der Waals surface area contributed by atoms with Gasteiger partial charge < -0.3 is 9.84 Å². The minimum Gasteiger partial charge on any atom is -0.507 e. The highest BCUT2D eigenvalue weighted by Crippen LogP contribution is 2.21. The van der Waals surface area contributed by atoms with E-state index in [0.717, 1.165) is 11.1 Å². The molecule has 138 valence electrons. The van der Waals surface area contributed by atoms with Crippen LogP contribution in [0.1, 0.15) is 21.5 Å². The van der Waals surface area contributed by atoms with E-state index in [1.165, 1.54) is 18.3 Å². The first kappa shape index (κ1) is 18.5. The number of rotatable bonds is 6. The van der Waals surface area contributed by atoms with Crippen molar-refractivity contribution in [2.75, 3.05) is 7.11 Å². The average molecular weight is 385 g/mol. The number of phenolic OH excluding ortho intramolecular Hbond substituents is 1. The van der Waals surface area contributed by atoms with Crippen LogP contribution < -0.4 is 10.2 Å². The van der Waals surface area contributed by atoms with E-state index in [0.29, 0.717) is 17.3 Å². The van der Waals surface area contributed by atoms with Crippen LogP contribution in [-0.2, 0) is 6.54 Å². The number of methoxy groups -OCH3 is 1. The summed E-state index contributed by atoms with van der Waals surface area (Å²) in [7, 11) is 1.59. The van der Waals surface area contributed by atoms with Gasteiger partial charge in [-0.2, -0.15) is 10.2 Å². The summed E-state index contributed by atoms with van der Waals surface area (Å²) in [5, 5.41) is 18.3. The Kier molecular flexibility index (Phi) is 5.73. The number of nitrogens with one attached hydrogen (secondary N) is 1. The van der Waals surface area contributed by atoms with Crippen molar-refractivity contribution in [2.24, 2.45) is 5.10 Å². The predicted molar refractivity (Wildman–Crippen MR) is 102 cm³/mol. The number of ether oxygens (including phenoxy) is 1. The zero-order valence-corrected chi connectivity index (χ0v) is 15.2. The van der Waals surface area contributed by atoms with Gasteiger partial charge in [-0.25, -0.2) is 5.43 Å². The standard InChI is InChI=1S/C19H17ClN4O3/c1-27-18-7-6-13(8-14(18)11-24-12-15(20)10-22-24)9-21-23-19(26)16-4-2-3-5-17(16)25/h2-10,12,25H,11H2,1H3,(H,23,26)/b21-9-. The van der Waals surface area contributed by atoms with Gasteiger partial charge in [0.15, 0.2) is 0 Å². The van der Waals surface area contributed by atoms with Crippen LogP contribution >= 0.6 is 11.6 Å². The Balaban J connectivity index is 1.73. The highest BCUT2D eigenvalue weighted by Gasteiger charge is 2.09. The van der Waals surface area contributed by atoms with Crippen LogP contribution in [0.15, 0.2) is 60.0 Å². The maximum atomic E-state index is 12.0. The van der Waals surface area contributed by atoms with E-state index in [1.807, 2.05) is 18.2 Å². The van der Waals surface area contributed by atoms with E-state index in [1.54, 1.807) is 36.3 Å². The number of hydrazone groups is 1. The fourth-order valence-electron chi connectivity index (χ4n) is 2.49. The normalized spacial score (nSPS) is 10.9. The molecule has 0 aliphatic carbocycles. The Bertz CT molecular complexity index is 985. The van der Waals surface area contributed by atoms with Crippen LogP contribution in [0.2, 0.25) is 5.02 Å². The quantitative estimate of drug-likeness (QED) is 0.505. The molecule has 3 rings (SSSR count). The summed E-state index contributed by atoms with van der Waals surface area (Å²) < 4.78 is 7.07. The predicted octanol–water partition coefficient (Wildman–Crippen LogP) is 3.06. The lowest BCUT2D eigenvalue weighted by atomic mass is 10.1. The lowest BCUT2D eigenvalue weighted by Crippen LogP contribution is -2.17. The van der Waals surface area contributed by atoms with Gasteiger partial charge in [-0.1, -0.05) is 23.7 Å². The number of amides is 1. The van der Waals surface area contributed by atoms with Gasteiger partial charge in [-0.05, 0) is 35.9 Å². The first-order valence-corrected chi connectivity index (χ1v) is 8.41. The van der Waals surface area contributed by atoms with E-state index in [9.17, 15) is 9.90 Å². The topological polar surface area (TPSA) is 88.7 Å². The maximum absolute atomic E-state index is 12.0. The summed E-state index contributed by atoms with van der Waals surface area (Å²) in [5.74, 6) is 0.108. The fourth-order valence-corrected chi connectivity index (χ4v) is 2.65. The number of aromatic hydroxyl groups is 1. The summed E-state index contributed by atoms with van der Waals surface area (Å²) in [5.41, 5.74) is 4.20. The van der Waals surface area contributed by atoms with Crippen molar-refractivity contribution in [1.82, 2.24) is 15.2 Å². The molecule has 1 aromatic heterocycles. The number of hydrogen-bond donors (Lipinski definition) is 2. The van der Waals surface area contributed by atoms with Crippen molar-refractivity contribution in [1.29, 1.82) is 0 Å². The third-order valence-electron chi connectivity index (χ3n) is 3.77. The van der Waals surface area contributed by atoms with Crippen molar-refractivity contribution < 1.29 is 14.6 Å². The summed E-state index contributed by atoms with van der Waals surface area (Å²) in [4.78, 5) is 12.0. The molecule has 1 amide bonds. The molecular weight excluding hydrogens is 368 g/mol. The monoisotopic (exact) mass is 384 g/mol. The van der Waals surface area contributed by atoms with E-state index < -0.39 is 5.91 Å². The van der Waals surface area contributed by atoms with Crippen LogP contribution in [0.3, 0.4) is 0 Å². The molecule has 1 heterocycles. The van der Waals surface area contributed by atoms with Gasteiger partial charge in [0.2, 0.25) is 0 Å². The minimum atomic E-state index is -0.496. The first-order chi connectivity index (χ1) is 13.1. The number of benzene rings is 2. The Hall–Kier alpha value is -3.32. The molecule has 0 aliphatic heterocycles. The highest BCUT2D eigenvalue weighted by molar-refractivity contribution is 6.30. The Labute approximate surface area is 160 Å². The van der Waals surface area contributed by atoms with Gasteiger partial charge in [0, 0.05) is 11.8 Å². The summed E-state index contributed by atoms with van der Waals surface area (Å²) in [6.45, 7) is 0.474. The van der Waals surface area contributed by atoms with E-state index in [-0.39, 0.29) is 11.3 Å². The number of para-hydroxylation sites is 1. The number of hydrogen-bond acceptors (Lipinski definition) is 5. The number of nitrogens with zero attached hydrogens (tertiary/aromatic N) is 3. The largest absolute Gasteiger partial charge is 0.507 e. The Morgan fingerprint density at radius 3 is 2.89 bits per heavy atom. The summed E-state index contributed by atoms with van der Waals surface area (Å²) in [6.07, 6.45) is 4.79.